The minimum atomic E-state index is 0.0738. The van der Waals surface area contributed by atoms with Crippen LogP contribution in [0.25, 0.3) is 0 Å². The summed E-state index contributed by atoms with van der Waals surface area (Å²) in [6.07, 6.45) is 3.38. The molecule has 110 valence electrons. The molecule has 20 heavy (non-hydrogen) atoms. The van der Waals surface area contributed by atoms with Crippen LogP contribution in [0.15, 0.2) is 24.3 Å². The number of fused-ring (bicyclic) bond motifs is 1. The molecule has 1 aromatic rings. The predicted molar refractivity (Wildman–Crippen MR) is 80.4 cm³/mol. The Kier molecular flexibility index (Phi) is 5.18. The Morgan fingerprint density at radius 2 is 2.05 bits per heavy atom. The molecule has 0 fully saturated rings. The molecule has 2 unspecified atom stereocenters. The number of aliphatic hydroxyl groups is 1. The van der Waals surface area contributed by atoms with Crippen LogP contribution >= 0.6 is 0 Å². The molecule has 0 saturated carbocycles. The number of amides is 1. The zero-order valence-corrected chi connectivity index (χ0v) is 12.4. The number of hydrogen-bond donors (Lipinski definition) is 2. The molecule has 2 N–H and O–H groups in total. The highest BCUT2D eigenvalue weighted by Gasteiger charge is 2.26. The maximum Gasteiger partial charge on any atom is 0.223 e. The first-order valence-corrected chi connectivity index (χ1v) is 7.59. The Hall–Kier alpha value is -1.35. The smallest absolute Gasteiger partial charge is 0.223 e. The molecule has 2 rings (SSSR count). The lowest BCUT2D eigenvalue weighted by atomic mass is 9.83. The van der Waals surface area contributed by atoms with Crippen molar-refractivity contribution in [3.63, 3.8) is 0 Å². The molecule has 0 aliphatic heterocycles. The molecule has 0 saturated heterocycles. The second-order valence-corrected chi connectivity index (χ2v) is 6.08. The lowest BCUT2D eigenvalue weighted by Gasteiger charge is -2.28. The number of carbonyl (C=O) groups excluding carboxylic acids is 1. The lowest BCUT2D eigenvalue weighted by Crippen LogP contribution is -2.43. The zero-order valence-electron chi connectivity index (χ0n) is 12.4. The van der Waals surface area contributed by atoms with Crippen molar-refractivity contribution >= 4 is 5.91 Å². The monoisotopic (exact) mass is 275 g/mol. The summed E-state index contributed by atoms with van der Waals surface area (Å²) < 4.78 is 0. The van der Waals surface area contributed by atoms with E-state index >= 15 is 0 Å². The zero-order chi connectivity index (χ0) is 14.5. The Morgan fingerprint density at radius 1 is 1.35 bits per heavy atom. The van der Waals surface area contributed by atoms with Crippen LogP contribution in [-0.2, 0) is 17.6 Å². The van der Waals surface area contributed by atoms with Crippen LogP contribution in [-0.4, -0.2) is 23.7 Å². The van der Waals surface area contributed by atoms with E-state index in [1.54, 1.807) is 0 Å². The van der Waals surface area contributed by atoms with Crippen LogP contribution in [0, 0.1) is 11.8 Å². The highest BCUT2D eigenvalue weighted by molar-refractivity contribution is 5.79. The van der Waals surface area contributed by atoms with E-state index in [-0.39, 0.29) is 24.5 Å². The summed E-state index contributed by atoms with van der Waals surface area (Å²) in [6.45, 7) is 4.28. The highest BCUT2D eigenvalue weighted by atomic mass is 16.3. The summed E-state index contributed by atoms with van der Waals surface area (Å²) in [4.78, 5) is 12.4. The number of hydrogen-bond acceptors (Lipinski definition) is 2. The van der Waals surface area contributed by atoms with Crippen molar-refractivity contribution in [2.24, 2.45) is 11.8 Å². The average molecular weight is 275 g/mol. The van der Waals surface area contributed by atoms with Crippen molar-refractivity contribution in [1.29, 1.82) is 0 Å². The van der Waals surface area contributed by atoms with Crippen LogP contribution in [0.5, 0.6) is 0 Å². The van der Waals surface area contributed by atoms with Gasteiger partial charge in [0.1, 0.15) is 0 Å². The van der Waals surface area contributed by atoms with Gasteiger partial charge in [0.05, 0.1) is 0 Å². The summed E-state index contributed by atoms with van der Waals surface area (Å²) in [5.41, 5.74) is 2.69. The fourth-order valence-electron chi connectivity index (χ4n) is 2.93. The number of nitrogens with one attached hydrogen (secondary N) is 1. The Balaban J connectivity index is 1.97. The average Bonchev–Trinajstić information content (AvgIpc) is 2.46. The number of aliphatic hydroxyl groups excluding tert-OH is 1. The summed E-state index contributed by atoms with van der Waals surface area (Å²) in [5.74, 6) is 0.568. The Bertz CT molecular complexity index is 456. The Labute approximate surface area is 121 Å². The van der Waals surface area contributed by atoms with E-state index in [0.29, 0.717) is 12.3 Å². The van der Waals surface area contributed by atoms with E-state index < -0.39 is 0 Å². The molecule has 1 aliphatic carbocycles. The molecule has 0 aromatic heterocycles. The van der Waals surface area contributed by atoms with Crippen molar-refractivity contribution < 1.29 is 9.90 Å². The van der Waals surface area contributed by atoms with Crippen molar-refractivity contribution in [3.05, 3.63) is 35.4 Å². The molecular weight excluding hydrogens is 250 g/mol. The molecular formula is C17H25NO2. The maximum atomic E-state index is 12.4. The van der Waals surface area contributed by atoms with Gasteiger partial charge in [-0.15, -0.1) is 0 Å². The van der Waals surface area contributed by atoms with Gasteiger partial charge in [0.2, 0.25) is 5.91 Å². The molecule has 0 radical (unpaired) electrons. The van der Waals surface area contributed by atoms with Crippen LogP contribution in [0.1, 0.15) is 37.8 Å². The van der Waals surface area contributed by atoms with Crippen molar-refractivity contribution in [2.75, 3.05) is 6.61 Å². The van der Waals surface area contributed by atoms with E-state index in [2.05, 4.69) is 37.4 Å². The number of aryl methyl sites for hydroxylation is 1. The molecule has 0 heterocycles. The van der Waals surface area contributed by atoms with Gasteiger partial charge in [0.25, 0.3) is 0 Å². The van der Waals surface area contributed by atoms with Crippen molar-refractivity contribution in [3.8, 4) is 0 Å². The van der Waals surface area contributed by atoms with Crippen LogP contribution in [0.2, 0.25) is 0 Å². The van der Waals surface area contributed by atoms with Crippen LogP contribution < -0.4 is 5.32 Å². The second kappa shape index (κ2) is 6.89. The lowest BCUT2D eigenvalue weighted by molar-refractivity contribution is -0.126. The van der Waals surface area contributed by atoms with E-state index in [1.807, 2.05) is 6.07 Å². The molecule has 2 atom stereocenters. The second-order valence-electron chi connectivity index (χ2n) is 6.08. The summed E-state index contributed by atoms with van der Waals surface area (Å²) >= 11 is 0. The van der Waals surface area contributed by atoms with Gasteiger partial charge in [-0.05, 0) is 42.7 Å². The van der Waals surface area contributed by atoms with Gasteiger partial charge in [0, 0.05) is 18.6 Å². The summed E-state index contributed by atoms with van der Waals surface area (Å²) in [5, 5.41) is 12.2. The molecule has 3 heteroatoms. The topological polar surface area (TPSA) is 49.3 Å². The van der Waals surface area contributed by atoms with Gasteiger partial charge < -0.3 is 10.4 Å². The molecule has 0 spiro atoms. The largest absolute Gasteiger partial charge is 0.396 e. The maximum absolute atomic E-state index is 12.4. The van der Waals surface area contributed by atoms with Gasteiger partial charge in [-0.2, -0.15) is 0 Å². The number of rotatable bonds is 5. The minimum Gasteiger partial charge on any atom is -0.396 e. The number of benzene rings is 1. The van der Waals surface area contributed by atoms with E-state index in [9.17, 15) is 4.79 Å². The van der Waals surface area contributed by atoms with Gasteiger partial charge in [-0.25, -0.2) is 0 Å². The Morgan fingerprint density at radius 3 is 2.70 bits per heavy atom. The first-order valence-electron chi connectivity index (χ1n) is 7.59. The van der Waals surface area contributed by atoms with Crippen molar-refractivity contribution in [1.82, 2.24) is 5.32 Å². The van der Waals surface area contributed by atoms with E-state index in [0.717, 1.165) is 19.3 Å². The van der Waals surface area contributed by atoms with E-state index in [4.69, 9.17) is 5.11 Å². The number of carbonyl (C=O) groups is 1. The predicted octanol–water partition coefficient (Wildman–Crippen LogP) is 2.31. The van der Waals surface area contributed by atoms with Crippen LogP contribution in [0.3, 0.4) is 0 Å². The molecule has 1 amide bonds. The quantitative estimate of drug-likeness (QED) is 0.866. The normalized spacial score (nSPS) is 19.5. The molecule has 3 nitrogen and oxygen atoms in total. The third-order valence-electron chi connectivity index (χ3n) is 4.29. The third kappa shape index (κ3) is 3.60. The fourth-order valence-corrected chi connectivity index (χ4v) is 2.93. The summed E-state index contributed by atoms with van der Waals surface area (Å²) in [7, 11) is 0. The van der Waals surface area contributed by atoms with E-state index in [1.165, 1.54) is 11.1 Å². The molecule has 0 bridgehead atoms. The van der Waals surface area contributed by atoms with Crippen molar-refractivity contribution in [2.45, 2.75) is 45.6 Å². The molecule has 1 aromatic carbocycles. The van der Waals surface area contributed by atoms with Gasteiger partial charge in [-0.3, -0.25) is 4.79 Å². The first kappa shape index (κ1) is 15.0. The fraction of sp³-hybridized carbons (Fsp3) is 0.588. The summed E-state index contributed by atoms with van der Waals surface area (Å²) in [6, 6.07) is 8.47. The minimum absolute atomic E-state index is 0.0738. The van der Waals surface area contributed by atoms with Gasteiger partial charge >= 0.3 is 0 Å². The standard InChI is InChI=1S/C17H25NO2/c1-12(2)16(9-10-19)18-17(20)15-8-7-13-5-3-4-6-14(13)11-15/h3-6,12,15-16,19H,7-11H2,1-2H3,(H,18,20). The first-order chi connectivity index (χ1) is 9.61. The third-order valence-corrected chi connectivity index (χ3v) is 4.29. The molecule has 1 aliphatic rings. The highest BCUT2D eigenvalue weighted by Crippen LogP contribution is 2.25. The van der Waals surface area contributed by atoms with Gasteiger partial charge in [-0.1, -0.05) is 38.1 Å². The van der Waals surface area contributed by atoms with Gasteiger partial charge in [0.15, 0.2) is 0 Å². The van der Waals surface area contributed by atoms with Crippen LogP contribution in [0.4, 0.5) is 0 Å². The SMILES string of the molecule is CC(C)C(CCO)NC(=O)C1CCc2ccccc2C1.